The maximum atomic E-state index is 13.4. The summed E-state index contributed by atoms with van der Waals surface area (Å²) < 4.78 is 0. The molecule has 3 N–H and O–H groups in total. The predicted molar refractivity (Wildman–Crippen MR) is 123 cm³/mol. The van der Waals surface area contributed by atoms with Crippen LogP contribution in [0.1, 0.15) is 25.8 Å². The molecule has 0 saturated heterocycles. The van der Waals surface area contributed by atoms with Crippen LogP contribution in [0.2, 0.25) is 0 Å². The molecule has 8 heteroatoms. The molecule has 3 heterocycles. The second kappa shape index (κ2) is 9.05. The third-order valence-corrected chi connectivity index (χ3v) is 5.82. The van der Waals surface area contributed by atoms with E-state index in [0.29, 0.717) is 5.69 Å². The van der Waals surface area contributed by atoms with E-state index in [1.54, 1.807) is 24.7 Å². The second-order valence-corrected chi connectivity index (χ2v) is 7.90. The number of H-pyrrole nitrogens is 1. The van der Waals surface area contributed by atoms with Gasteiger partial charge in [-0.2, -0.15) is 0 Å². The zero-order valence-corrected chi connectivity index (χ0v) is 18.0. The van der Waals surface area contributed by atoms with Crippen molar-refractivity contribution in [2.24, 2.45) is 5.92 Å². The Morgan fingerprint density at radius 1 is 1.19 bits per heavy atom. The molecule has 0 spiro atoms. The minimum absolute atomic E-state index is 0.0727. The number of para-hydroxylation sites is 1. The number of aromatic nitrogens is 2. The molecule has 2 atom stereocenters. The number of carbonyl (C=O) groups is 2. The van der Waals surface area contributed by atoms with E-state index in [2.05, 4.69) is 20.6 Å². The number of pyridine rings is 2. The van der Waals surface area contributed by atoms with Gasteiger partial charge in [-0.1, -0.05) is 38.5 Å². The summed E-state index contributed by atoms with van der Waals surface area (Å²) in [7, 11) is 0. The van der Waals surface area contributed by atoms with E-state index >= 15 is 0 Å². The van der Waals surface area contributed by atoms with Crippen molar-refractivity contribution in [1.82, 2.24) is 14.9 Å². The van der Waals surface area contributed by atoms with Gasteiger partial charge in [0.05, 0.1) is 6.54 Å². The topological polar surface area (TPSA) is 107 Å². The molecule has 0 fully saturated rings. The number of anilines is 2. The van der Waals surface area contributed by atoms with Crippen molar-refractivity contribution < 1.29 is 9.59 Å². The van der Waals surface area contributed by atoms with Crippen LogP contribution in [0.15, 0.2) is 65.8 Å². The maximum Gasteiger partial charge on any atom is 0.322 e. The average Bonchev–Trinajstić information content (AvgIpc) is 2.96. The van der Waals surface area contributed by atoms with E-state index < -0.39 is 17.6 Å². The Bertz CT molecular complexity index is 1190. The molecule has 1 aromatic carbocycles. The average molecular weight is 431 g/mol. The molecule has 32 heavy (non-hydrogen) atoms. The number of nitrogens with zero attached hydrogens (tertiary/aromatic N) is 2. The first-order chi connectivity index (χ1) is 15.5. The Labute approximate surface area is 185 Å². The lowest BCUT2D eigenvalue weighted by molar-refractivity contribution is -0.121. The monoisotopic (exact) mass is 431 g/mol. The van der Waals surface area contributed by atoms with E-state index in [9.17, 15) is 14.4 Å². The van der Waals surface area contributed by atoms with Gasteiger partial charge in [-0.05, 0) is 41.3 Å². The van der Waals surface area contributed by atoms with Gasteiger partial charge in [-0.3, -0.25) is 14.6 Å². The molecule has 0 saturated carbocycles. The first-order valence-corrected chi connectivity index (χ1v) is 10.6. The minimum Gasteiger partial charge on any atom is -0.327 e. The van der Waals surface area contributed by atoms with Crippen molar-refractivity contribution >= 4 is 23.3 Å². The molecular weight excluding hydrogens is 406 g/mol. The third-order valence-electron chi connectivity index (χ3n) is 5.82. The molecule has 0 radical (unpaired) electrons. The predicted octanol–water partition coefficient (Wildman–Crippen LogP) is 3.84. The molecule has 8 nitrogen and oxygen atoms in total. The van der Waals surface area contributed by atoms with Gasteiger partial charge in [0.25, 0.3) is 5.56 Å². The molecule has 0 bridgehead atoms. The number of benzene rings is 1. The quantitative estimate of drug-likeness (QED) is 0.583. The number of hydrogen-bond acceptors (Lipinski definition) is 4. The summed E-state index contributed by atoms with van der Waals surface area (Å²) in [4.78, 5) is 47.0. The van der Waals surface area contributed by atoms with E-state index in [1.165, 1.54) is 4.90 Å². The highest BCUT2D eigenvalue weighted by Gasteiger charge is 2.36. The van der Waals surface area contributed by atoms with Crippen LogP contribution in [0, 0.1) is 5.92 Å². The molecule has 1 aliphatic rings. The lowest BCUT2D eigenvalue weighted by Crippen LogP contribution is -2.50. The van der Waals surface area contributed by atoms with Crippen LogP contribution in [-0.2, 0) is 11.3 Å². The molecule has 4 rings (SSSR count). The van der Waals surface area contributed by atoms with Gasteiger partial charge in [0, 0.05) is 29.8 Å². The van der Waals surface area contributed by atoms with Crippen molar-refractivity contribution in [2.45, 2.75) is 32.9 Å². The molecular formula is C24H25N5O3. The molecule has 0 aliphatic carbocycles. The Balaban J connectivity index is 1.67. The normalized spacial score (nSPS) is 16.5. The van der Waals surface area contributed by atoms with E-state index in [0.717, 1.165) is 23.1 Å². The number of carbonyl (C=O) groups excluding carboxylic acids is 2. The summed E-state index contributed by atoms with van der Waals surface area (Å²) in [6.07, 6.45) is 5.62. The highest BCUT2D eigenvalue weighted by atomic mass is 16.2. The van der Waals surface area contributed by atoms with Gasteiger partial charge in [-0.25, -0.2) is 4.79 Å². The van der Waals surface area contributed by atoms with E-state index in [-0.39, 0.29) is 24.1 Å². The number of nitrogens with one attached hydrogen (secondary N) is 3. The Morgan fingerprint density at radius 2 is 1.94 bits per heavy atom. The molecule has 0 unspecified atom stereocenters. The Hall–Kier alpha value is -3.94. The highest BCUT2D eigenvalue weighted by molar-refractivity contribution is 6.01. The van der Waals surface area contributed by atoms with Crippen LogP contribution >= 0.6 is 0 Å². The fraction of sp³-hybridized carbons (Fsp3) is 0.250. The number of urea groups is 1. The Kier molecular flexibility index (Phi) is 6.02. The van der Waals surface area contributed by atoms with Crippen molar-refractivity contribution in [3.63, 3.8) is 0 Å². The van der Waals surface area contributed by atoms with Crippen LogP contribution in [0.4, 0.5) is 16.2 Å². The summed E-state index contributed by atoms with van der Waals surface area (Å²) in [5.41, 5.74) is 2.81. The molecule has 1 aliphatic heterocycles. The highest BCUT2D eigenvalue weighted by Crippen LogP contribution is 2.28. The third kappa shape index (κ3) is 4.25. The SMILES string of the molecule is CC[C@H](C)[C@H]1C(=O)Nc2ccccc2CN1C(=O)Nc1cc(-c2ccncc2)c[nH]c1=O. The molecule has 2 aromatic heterocycles. The molecule has 3 aromatic rings. The number of aromatic amines is 1. The van der Waals surface area contributed by atoms with Crippen molar-refractivity contribution in [2.75, 3.05) is 10.6 Å². The second-order valence-electron chi connectivity index (χ2n) is 7.90. The maximum absolute atomic E-state index is 13.4. The van der Waals surface area contributed by atoms with Gasteiger partial charge >= 0.3 is 6.03 Å². The van der Waals surface area contributed by atoms with Crippen LogP contribution in [0.5, 0.6) is 0 Å². The van der Waals surface area contributed by atoms with Gasteiger partial charge in [0.15, 0.2) is 0 Å². The van der Waals surface area contributed by atoms with Crippen LogP contribution < -0.4 is 16.2 Å². The van der Waals surface area contributed by atoms with Gasteiger partial charge in [0.1, 0.15) is 11.7 Å². The van der Waals surface area contributed by atoms with Crippen molar-refractivity contribution in [3.05, 3.63) is 77.0 Å². The first-order valence-electron chi connectivity index (χ1n) is 10.6. The van der Waals surface area contributed by atoms with Gasteiger partial charge in [-0.15, -0.1) is 0 Å². The Morgan fingerprint density at radius 3 is 2.69 bits per heavy atom. The van der Waals surface area contributed by atoms with E-state index in [1.807, 2.05) is 50.2 Å². The largest absolute Gasteiger partial charge is 0.327 e. The smallest absolute Gasteiger partial charge is 0.322 e. The van der Waals surface area contributed by atoms with Crippen LogP contribution in [-0.4, -0.2) is 32.8 Å². The fourth-order valence-electron chi connectivity index (χ4n) is 3.87. The molecule has 164 valence electrons. The summed E-state index contributed by atoms with van der Waals surface area (Å²) in [6, 6.07) is 11.5. The number of amides is 3. The number of rotatable bonds is 4. The number of fused-ring (bicyclic) bond motifs is 1. The van der Waals surface area contributed by atoms with Crippen LogP contribution in [0.25, 0.3) is 11.1 Å². The summed E-state index contributed by atoms with van der Waals surface area (Å²) >= 11 is 0. The van der Waals surface area contributed by atoms with Crippen molar-refractivity contribution in [3.8, 4) is 11.1 Å². The summed E-state index contributed by atoms with van der Waals surface area (Å²) in [5, 5.41) is 5.67. The molecule has 3 amide bonds. The summed E-state index contributed by atoms with van der Waals surface area (Å²) in [6.45, 7) is 4.17. The zero-order chi connectivity index (χ0) is 22.7. The summed E-state index contributed by atoms with van der Waals surface area (Å²) in [5.74, 6) is -0.310. The zero-order valence-electron chi connectivity index (χ0n) is 18.0. The van der Waals surface area contributed by atoms with Gasteiger partial charge < -0.3 is 20.5 Å². The van der Waals surface area contributed by atoms with Crippen LogP contribution in [0.3, 0.4) is 0 Å². The lowest BCUT2D eigenvalue weighted by atomic mass is 9.97. The standard InChI is InChI=1S/C24H25N5O3/c1-3-15(2)21-23(31)27-19-7-5-4-6-17(19)14-29(21)24(32)28-20-12-18(13-26-22(20)30)16-8-10-25-11-9-16/h4-13,15,21H,3,14H2,1-2H3,(H,26,30)(H,27,31)(H,28,32)/t15-,21-/m0/s1. The van der Waals surface area contributed by atoms with Gasteiger partial charge in [0.2, 0.25) is 5.91 Å². The number of hydrogen-bond donors (Lipinski definition) is 3. The fourth-order valence-corrected chi connectivity index (χ4v) is 3.87. The first kappa shape index (κ1) is 21.3. The lowest BCUT2D eigenvalue weighted by Gasteiger charge is -2.32. The van der Waals surface area contributed by atoms with Crippen molar-refractivity contribution in [1.29, 1.82) is 0 Å². The minimum atomic E-state index is -0.671. The van der Waals surface area contributed by atoms with E-state index in [4.69, 9.17) is 0 Å².